The summed E-state index contributed by atoms with van der Waals surface area (Å²) >= 11 is 7.54. The van der Waals surface area contributed by atoms with E-state index in [0.29, 0.717) is 32.2 Å². The average Bonchev–Trinajstić information content (AvgIpc) is 3.53. The number of thioether (sulfide) groups is 1. The van der Waals surface area contributed by atoms with Gasteiger partial charge < -0.3 is 4.42 Å². The lowest BCUT2D eigenvalue weighted by Gasteiger charge is -2.16. The Kier molecular flexibility index (Phi) is 7.67. The van der Waals surface area contributed by atoms with E-state index in [4.69, 9.17) is 21.0 Å². The number of aliphatic imine (C=N–C) groups is 1. The quantitative estimate of drug-likeness (QED) is 0.129. The van der Waals surface area contributed by atoms with Crippen molar-refractivity contribution in [3.05, 3.63) is 116 Å². The van der Waals surface area contributed by atoms with Crippen molar-refractivity contribution in [3.8, 4) is 11.3 Å². The topological polar surface area (TPSA) is 89.0 Å². The summed E-state index contributed by atoms with van der Waals surface area (Å²) in [6.45, 7) is 4.18. The van der Waals surface area contributed by atoms with Crippen molar-refractivity contribution in [1.29, 1.82) is 0 Å². The van der Waals surface area contributed by atoms with Crippen molar-refractivity contribution >= 4 is 57.6 Å². The van der Waals surface area contributed by atoms with Crippen LogP contribution in [-0.4, -0.2) is 16.0 Å². The van der Waals surface area contributed by atoms with E-state index < -0.39 is 4.92 Å². The molecule has 1 aromatic heterocycles. The molecule has 1 aliphatic heterocycles. The number of anilines is 1. The van der Waals surface area contributed by atoms with Crippen LogP contribution in [0.25, 0.3) is 17.4 Å². The van der Waals surface area contributed by atoms with Gasteiger partial charge in [0.1, 0.15) is 11.5 Å². The average molecular weight is 558 g/mol. The second kappa shape index (κ2) is 11.3. The number of nitrogens with zero attached hydrogens (tertiary/aromatic N) is 3. The Bertz CT molecular complexity index is 1610. The number of amidine groups is 1. The second-order valence-corrected chi connectivity index (χ2v) is 10.2. The number of halogens is 1. The van der Waals surface area contributed by atoms with Crippen molar-refractivity contribution in [2.75, 3.05) is 4.90 Å². The third kappa shape index (κ3) is 5.67. The van der Waals surface area contributed by atoms with Crippen molar-refractivity contribution in [1.82, 2.24) is 0 Å². The van der Waals surface area contributed by atoms with E-state index in [2.05, 4.69) is 13.8 Å². The molecule has 9 heteroatoms. The number of furan rings is 1. The highest BCUT2D eigenvalue weighted by molar-refractivity contribution is 8.19. The molecule has 1 aliphatic rings. The fraction of sp³-hybridized carbons (Fsp3) is 0.133. The van der Waals surface area contributed by atoms with Gasteiger partial charge in [-0.05, 0) is 78.2 Å². The van der Waals surface area contributed by atoms with E-state index in [1.54, 1.807) is 23.1 Å². The van der Waals surface area contributed by atoms with Gasteiger partial charge in [0.15, 0.2) is 5.17 Å². The number of rotatable bonds is 7. The van der Waals surface area contributed by atoms with Gasteiger partial charge in [0.25, 0.3) is 11.6 Å². The second-order valence-electron chi connectivity index (χ2n) is 8.81. The molecule has 3 aromatic carbocycles. The summed E-state index contributed by atoms with van der Waals surface area (Å²) in [6, 6.07) is 23.3. The van der Waals surface area contributed by atoms with Gasteiger partial charge in [0.05, 0.1) is 26.2 Å². The standard InChI is InChI=1S/C30H24ClN3O4S/c1-3-19-5-9-21(10-6-19)32-30-33(22-11-7-20(4-2)8-12-22)29(35)28(39-30)18-24-14-16-27(38-24)25-17-23(34(36)37)13-15-26(25)31/h5-18H,3-4H2,1-2H3/b28-18-,32-30?. The minimum atomic E-state index is -0.488. The number of carbonyl (C=O) groups is 1. The maximum absolute atomic E-state index is 13.6. The molecule has 0 radical (unpaired) electrons. The van der Waals surface area contributed by atoms with Crippen LogP contribution in [0.5, 0.6) is 0 Å². The predicted octanol–water partition coefficient (Wildman–Crippen LogP) is 8.44. The molecule has 0 atom stereocenters. The summed E-state index contributed by atoms with van der Waals surface area (Å²) in [4.78, 5) is 31.2. The van der Waals surface area contributed by atoms with Crippen LogP contribution in [0.2, 0.25) is 5.02 Å². The molecule has 5 rings (SSSR count). The Morgan fingerprint density at radius 3 is 2.28 bits per heavy atom. The first-order chi connectivity index (χ1) is 18.9. The van der Waals surface area contributed by atoms with E-state index in [9.17, 15) is 14.9 Å². The molecule has 1 saturated heterocycles. The van der Waals surface area contributed by atoms with Gasteiger partial charge in [-0.15, -0.1) is 0 Å². The molecule has 1 fully saturated rings. The van der Waals surface area contributed by atoms with Crippen molar-refractivity contribution in [2.24, 2.45) is 4.99 Å². The minimum Gasteiger partial charge on any atom is -0.457 e. The van der Waals surface area contributed by atoms with E-state index in [0.717, 1.165) is 24.2 Å². The molecule has 0 N–H and O–H groups in total. The first-order valence-corrected chi connectivity index (χ1v) is 13.6. The number of nitro groups is 1. The Balaban J connectivity index is 1.51. The van der Waals surface area contributed by atoms with Gasteiger partial charge in [0, 0.05) is 23.8 Å². The van der Waals surface area contributed by atoms with Crippen molar-refractivity contribution < 1.29 is 14.1 Å². The van der Waals surface area contributed by atoms with Crippen LogP contribution in [0, 0.1) is 10.1 Å². The summed E-state index contributed by atoms with van der Waals surface area (Å²) in [7, 11) is 0. The Hall–Kier alpha value is -4.14. The number of nitro benzene ring substituents is 1. The number of hydrogen-bond acceptors (Lipinski definition) is 6. The summed E-state index contributed by atoms with van der Waals surface area (Å²) in [5, 5.41) is 12.1. The lowest BCUT2D eigenvalue weighted by molar-refractivity contribution is -0.384. The number of non-ortho nitro benzene ring substituents is 1. The van der Waals surface area contributed by atoms with Crippen molar-refractivity contribution in [2.45, 2.75) is 26.7 Å². The zero-order valence-electron chi connectivity index (χ0n) is 21.3. The Labute approximate surface area is 235 Å². The van der Waals surface area contributed by atoms with Gasteiger partial charge >= 0.3 is 0 Å². The van der Waals surface area contributed by atoms with Gasteiger partial charge in [-0.2, -0.15) is 0 Å². The Morgan fingerprint density at radius 2 is 1.64 bits per heavy atom. The lowest BCUT2D eigenvalue weighted by Crippen LogP contribution is -2.28. The maximum atomic E-state index is 13.6. The molecule has 0 bridgehead atoms. The van der Waals surface area contributed by atoms with E-state index >= 15 is 0 Å². The molecule has 196 valence electrons. The van der Waals surface area contributed by atoms with Crippen LogP contribution in [0.1, 0.15) is 30.7 Å². The highest BCUT2D eigenvalue weighted by Crippen LogP contribution is 2.39. The number of aryl methyl sites for hydroxylation is 2. The fourth-order valence-corrected chi connectivity index (χ4v) is 5.29. The molecular formula is C30H24ClN3O4S. The summed E-state index contributed by atoms with van der Waals surface area (Å²) in [6.07, 6.45) is 3.48. The van der Waals surface area contributed by atoms with Crippen LogP contribution >= 0.6 is 23.4 Å². The van der Waals surface area contributed by atoms with Gasteiger partial charge in [-0.25, -0.2) is 4.99 Å². The molecule has 7 nitrogen and oxygen atoms in total. The smallest absolute Gasteiger partial charge is 0.271 e. The van der Waals surface area contributed by atoms with E-state index in [-0.39, 0.29) is 11.6 Å². The SMILES string of the molecule is CCc1ccc(N=C2S/C(=C\c3ccc(-c4cc([N+](=O)[O-])ccc4Cl)o3)C(=O)N2c2ccc(CC)cc2)cc1. The molecule has 0 unspecified atom stereocenters. The highest BCUT2D eigenvalue weighted by Gasteiger charge is 2.35. The van der Waals surface area contributed by atoms with Crippen LogP contribution in [0.3, 0.4) is 0 Å². The molecule has 0 saturated carbocycles. The first kappa shape index (κ1) is 26.5. The third-order valence-electron chi connectivity index (χ3n) is 6.30. The molecule has 39 heavy (non-hydrogen) atoms. The minimum absolute atomic E-state index is 0.0928. The monoisotopic (exact) mass is 557 g/mol. The number of benzene rings is 3. The third-order valence-corrected chi connectivity index (χ3v) is 7.60. The van der Waals surface area contributed by atoms with E-state index in [1.807, 2.05) is 48.5 Å². The number of amides is 1. The lowest BCUT2D eigenvalue weighted by atomic mass is 10.1. The summed E-state index contributed by atoms with van der Waals surface area (Å²) in [5.41, 5.74) is 4.16. The summed E-state index contributed by atoms with van der Waals surface area (Å²) in [5.74, 6) is 0.556. The summed E-state index contributed by atoms with van der Waals surface area (Å²) < 4.78 is 5.94. The van der Waals surface area contributed by atoms with Crippen LogP contribution in [0.4, 0.5) is 17.1 Å². The molecule has 2 heterocycles. The largest absolute Gasteiger partial charge is 0.457 e. The van der Waals surface area contributed by atoms with Gasteiger partial charge in [0.2, 0.25) is 0 Å². The first-order valence-electron chi connectivity index (χ1n) is 12.4. The zero-order valence-corrected chi connectivity index (χ0v) is 22.8. The highest BCUT2D eigenvalue weighted by atomic mass is 35.5. The number of carbonyl (C=O) groups excluding carboxylic acids is 1. The molecule has 0 spiro atoms. The maximum Gasteiger partial charge on any atom is 0.271 e. The van der Waals surface area contributed by atoms with Crippen LogP contribution in [-0.2, 0) is 17.6 Å². The Morgan fingerprint density at radius 1 is 0.974 bits per heavy atom. The molecular weight excluding hydrogens is 534 g/mol. The van der Waals surface area contributed by atoms with Gasteiger partial charge in [-0.3, -0.25) is 19.8 Å². The van der Waals surface area contributed by atoms with Crippen LogP contribution in [0.15, 0.2) is 93.2 Å². The zero-order chi connectivity index (χ0) is 27.5. The predicted molar refractivity (Wildman–Crippen MR) is 158 cm³/mol. The molecule has 0 aliphatic carbocycles. The number of hydrogen-bond donors (Lipinski definition) is 0. The van der Waals surface area contributed by atoms with E-state index in [1.165, 1.54) is 41.1 Å². The van der Waals surface area contributed by atoms with Gasteiger partial charge in [-0.1, -0.05) is 49.7 Å². The molecule has 4 aromatic rings. The molecule has 1 amide bonds. The normalized spacial score (nSPS) is 15.5. The van der Waals surface area contributed by atoms with Crippen molar-refractivity contribution in [3.63, 3.8) is 0 Å². The van der Waals surface area contributed by atoms with Crippen LogP contribution < -0.4 is 4.90 Å². The fourth-order valence-electron chi connectivity index (χ4n) is 4.09.